The van der Waals surface area contributed by atoms with Crippen LogP contribution in [0.5, 0.6) is 0 Å². The normalized spacial score (nSPS) is 29.0. The first-order valence-corrected chi connectivity index (χ1v) is 5.90. The average molecular weight is 238 g/mol. The molecule has 3 N–H and O–H groups in total. The van der Waals surface area contributed by atoms with Gasteiger partial charge in [-0.1, -0.05) is 12.1 Å². The number of nitrogens with two attached hydrogens (primary N) is 1. The van der Waals surface area contributed by atoms with Crippen molar-refractivity contribution in [3.63, 3.8) is 0 Å². The van der Waals surface area contributed by atoms with Gasteiger partial charge in [-0.3, -0.25) is 4.79 Å². The van der Waals surface area contributed by atoms with Crippen molar-refractivity contribution >= 4 is 5.91 Å². The fourth-order valence-electron chi connectivity index (χ4n) is 2.12. The third-order valence-corrected chi connectivity index (χ3v) is 3.45. The van der Waals surface area contributed by atoms with Crippen LogP contribution in [-0.4, -0.2) is 23.1 Å². The van der Waals surface area contributed by atoms with Gasteiger partial charge in [-0.15, -0.1) is 0 Å². The number of carbonyl (C=O) groups is 1. The first-order chi connectivity index (χ1) is 8.05. The number of hydrogen-bond donors (Lipinski definition) is 2. The summed E-state index contributed by atoms with van der Waals surface area (Å²) in [5.41, 5.74) is 5.71. The van der Waals surface area contributed by atoms with Crippen LogP contribution in [0.3, 0.4) is 0 Å². The predicted molar refractivity (Wildman–Crippen MR) is 61.2 cm³/mol. The van der Waals surface area contributed by atoms with Gasteiger partial charge in [-0.05, 0) is 31.6 Å². The minimum Gasteiger partial charge on any atom is -0.352 e. The summed E-state index contributed by atoms with van der Waals surface area (Å²) in [5.74, 6) is 0.759. The van der Waals surface area contributed by atoms with Gasteiger partial charge in [0.05, 0.1) is 5.54 Å². The molecule has 0 radical (unpaired) electrons. The Hall–Kier alpha value is -1.43. The molecule has 6 nitrogen and oxygen atoms in total. The van der Waals surface area contributed by atoms with Gasteiger partial charge in [-0.2, -0.15) is 4.98 Å². The molecule has 1 heterocycles. The molecule has 0 spiro atoms. The maximum Gasteiger partial charge on any atom is 0.292 e. The molecule has 17 heavy (non-hydrogen) atoms. The minimum absolute atomic E-state index is 0.0472. The SMILES string of the molecule is CNC(=O)c1noc(C2(N)CCC(C)CC2)n1. The number of carbonyl (C=O) groups excluding carboxylic acids is 1. The summed E-state index contributed by atoms with van der Waals surface area (Å²) in [4.78, 5) is 15.4. The van der Waals surface area contributed by atoms with Gasteiger partial charge in [0.25, 0.3) is 11.7 Å². The molecule has 1 aliphatic rings. The molecular formula is C11H18N4O2. The molecule has 2 rings (SSSR count). The second kappa shape index (κ2) is 4.44. The van der Waals surface area contributed by atoms with E-state index < -0.39 is 5.54 Å². The van der Waals surface area contributed by atoms with E-state index in [1.807, 2.05) is 0 Å². The van der Waals surface area contributed by atoms with E-state index >= 15 is 0 Å². The Bertz CT molecular complexity index is 407. The van der Waals surface area contributed by atoms with Crippen molar-refractivity contribution in [3.8, 4) is 0 Å². The van der Waals surface area contributed by atoms with Crippen molar-refractivity contribution < 1.29 is 9.32 Å². The van der Waals surface area contributed by atoms with Crippen molar-refractivity contribution in [1.29, 1.82) is 0 Å². The summed E-state index contributed by atoms with van der Waals surface area (Å²) in [6.45, 7) is 2.21. The predicted octanol–water partition coefficient (Wildman–Crippen LogP) is 0.793. The number of hydrogen-bond acceptors (Lipinski definition) is 5. The van der Waals surface area contributed by atoms with E-state index in [-0.39, 0.29) is 11.7 Å². The van der Waals surface area contributed by atoms with Crippen LogP contribution in [0.15, 0.2) is 4.52 Å². The monoisotopic (exact) mass is 238 g/mol. The Morgan fingerprint density at radius 1 is 1.53 bits per heavy atom. The van der Waals surface area contributed by atoms with Crippen LogP contribution in [-0.2, 0) is 5.54 Å². The number of amides is 1. The van der Waals surface area contributed by atoms with Gasteiger partial charge >= 0.3 is 0 Å². The maximum absolute atomic E-state index is 11.3. The molecule has 1 aromatic heterocycles. The van der Waals surface area contributed by atoms with Crippen molar-refractivity contribution in [3.05, 3.63) is 11.7 Å². The molecule has 1 fully saturated rings. The molecule has 0 unspecified atom stereocenters. The highest BCUT2D eigenvalue weighted by atomic mass is 16.5. The lowest BCUT2D eigenvalue weighted by Crippen LogP contribution is -2.40. The second-order valence-electron chi connectivity index (χ2n) is 4.84. The summed E-state index contributed by atoms with van der Waals surface area (Å²) < 4.78 is 5.12. The van der Waals surface area contributed by atoms with E-state index in [2.05, 4.69) is 22.4 Å². The summed E-state index contributed by atoms with van der Waals surface area (Å²) >= 11 is 0. The zero-order valence-electron chi connectivity index (χ0n) is 10.2. The summed E-state index contributed by atoms with van der Waals surface area (Å²) in [5, 5.41) is 6.10. The Morgan fingerprint density at radius 3 is 2.76 bits per heavy atom. The third kappa shape index (κ3) is 2.31. The molecule has 0 aromatic carbocycles. The van der Waals surface area contributed by atoms with E-state index in [4.69, 9.17) is 10.3 Å². The lowest BCUT2D eigenvalue weighted by molar-refractivity contribution is 0.0949. The average Bonchev–Trinajstić information content (AvgIpc) is 2.82. The van der Waals surface area contributed by atoms with Crippen LogP contribution in [0.1, 0.15) is 49.1 Å². The topological polar surface area (TPSA) is 94.0 Å². The fraction of sp³-hybridized carbons (Fsp3) is 0.727. The first kappa shape index (κ1) is 12.0. The van der Waals surface area contributed by atoms with Crippen LogP contribution in [0, 0.1) is 5.92 Å². The van der Waals surface area contributed by atoms with Crippen LogP contribution >= 0.6 is 0 Å². The van der Waals surface area contributed by atoms with Crippen LogP contribution in [0.4, 0.5) is 0 Å². The standard InChI is InChI=1S/C11H18N4O2/c1-7-3-5-11(12,6-4-7)10-14-8(15-17-10)9(16)13-2/h7H,3-6,12H2,1-2H3,(H,13,16). The Morgan fingerprint density at radius 2 is 2.18 bits per heavy atom. The van der Waals surface area contributed by atoms with Crippen molar-refractivity contribution in [1.82, 2.24) is 15.5 Å². The largest absolute Gasteiger partial charge is 0.352 e. The Kier molecular flexibility index (Phi) is 3.15. The summed E-state index contributed by atoms with van der Waals surface area (Å²) in [6.07, 6.45) is 3.75. The highest BCUT2D eigenvalue weighted by Gasteiger charge is 2.37. The van der Waals surface area contributed by atoms with E-state index in [0.29, 0.717) is 11.8 Å². The van der Waals surface area contributed by atoms with Crippen LogP contribution in [0.2, 0.25) is 0 Å². The van der Waals surface area contributed by atoms with Crippen LogP contribution < -0.4 is 11.1 Å². The van der Waals surface area contributed by atoms with E-state index in [1.54, 1.807) is 0 Å². The van der Waals surface area contributed by atoms with Crippen molar-refractivity contribution in [2.45, 2.75) is 38.1 Å². The molecule has 6 heteroatoms. The van der Waals surface area contributed by atoms with E-state index in [0.717, 1.165) is 25.7 Å². The highest BCUT2D eigenvalue weighted by Crippen LogP contribution is 2.36. The molecule has 1 saturated carbocycles. The summed E-state index contributed by atoms with van der Waals surface area (Å²) in [6, 6.07) is 0. The zero-order chi connectivity index (χ0) is 12.5. The van der Waals surface area contributed by atoms with Gasteiger partial charge in [-0.25, -0.2) is 0 Å². The van der Waals surface area contributed by atoms with Crippen molar-refractivity contribution in [2.75, 3.05) is 7.05 Å². The first-order valence-electron chi connectivity index (χ1n) is 5.90. The smallest absolute Gasteiger partial charge is 0.292 e. The second-order valence-corrected chi connectivity index (χ2v) is 4.84. The van der Waals surface area contributed by atoms with Crippen LogP contribution in [0.25, 0.3) is 0 Å². The number of nitrogens with one attached hydrogen (secondary N) is 1. The molecular weight excluding hydrogens is 220 g/mol. The highest BCUT2D eigenvalue weighted by molar-refractivity contribution is 5.89. The molecule has 0 saturated heterocycles. The molecule has 94 valence electrons. The molecule has 1 aliphatic carbocycles. The number of nitrogens with zero attached hydrogens (tertiary/aromatic N) is 2. The summed E-state index contributed by atoms with van der Waals surface area (Å²) in [7, 11) is 1.53. The van der Waals surface area contributed by atoms with Crippen molar-refractivity contribution in [2.24, 2.45) is 11.7 Å². The van der Waals surface area contributed by atoms with Gasteiger partial charge in [0.15, 0.2) is 0 Å². The van der Waals surface area contributed by atoms with Gasteiger partial charge in [0.2, 0.25) is 5.89 Å². The minimum atomic E-state index is -0.564. The van der Waals surface area contributed by atoms with Gasteiger partial charge < -0.3 is 15.6 Å². The third-order valence-electron chi connectivity index (χ3n) is 3.45. The number of aromatic nitrogens is 2. The van der Waals surface area contributed by atoms with Gasteiger partial charge in [0.1, 0.15) is 0 Å². The quantitative estimate of drug-likeness (QED) is 0.794. The van der Waals surface area contributed by atoms with E-state index in [9.17, 15) is 4.79 Å². The van der Waals surface area contributed by atoms with E-state index in [1.165, 1.54) is 7.05 Å². The fourth-order valence-corrected chi connectivity index (χ4v) is 2.12. The molecule has 1 aromatic rings. The van der Waals surface area contributed by atoms with Gasteiger partial charge in [0, 0.05) is 7.05 Å². The molecule has 1 amide bonds. The molecule has 0 aliphatic heterocycles. The Labute approximate surface area is 99.9 Å². The molecule has 0 atom stereocenters. The maximum atomic E-state index is 11.3. The zero-order valence-corrected chi connectivity index (χ0v) is 10.2. The lowest BCUT2D eigenvalue weighted by atomic mass is 9.78. The number of rotatable bonds is 2. The lowest BCUT2D eigenvalue weighted by Gasteiger charge is -2.32. The Balaban J connectivity index is 2.16. The molecule has 0 bridgehead atoms.